The highest BCUT2D eigenvalue weighted by Gasteiger charge is 2.41. The number of carbonyl (C=O) groups excluding carboxylic acids is 2. The molecule has 0 spiro atoms. The molecule has 0 aromatic carbocycles. The third-order valence-corrected chi connectivity index (χ3v) is 8.02. The number of amides is 2. The molecule has 2 heterocycles. The lowest BCUT2D eigenvalue weighted by atomic mass is 10.1. The van der Waals surface area contributed by atoms with Crippen molar-refractivity contribution in [2.45, 2.75) is 99.2 Å². The summed E-state index contributed by atoms with van der Waals surface area (Å²) in [6, 6.07) is 0. The summed E-state index contributed by atoms with van der Waals surface area (Å²) in [7, 11) is 2.01. The van der Waals surface area contributed by atoms with Gasteiger partial charge in [-0.05, 0) is 98.5 Å². The van der Waals surface area contributed by atoms with Gasteiger partial charge in [-0.3, -0.25) is 9.59 Å². The minimum absolute atomic E-state index is 0.0808. The molecule has 0 atom stereocenters. The van der Waals surface area contributed by atoms with Gasteiger partial charge in [-0.2, -0.15) is 0 Å². The number of likely N-dealkylation sites (tertiary alicyclic amines) is 1. The van der Waals surface area contributed by atoms with E-state index in [0.29, 0.717) is 25.1 Å². The van der Waals surface area contributed by atoms with Crippen LogP contribution in [0.4, 0.5) is 8.78 Å². The lowest BCUT2D eigenvalue weighted by Gasteiger charge is -2.21. The van der Waals surface area contributed by atoms with Gasteiger partial charge in [0.05, 0.1) is 6.42 Å². The molecule has 0 aliphatic carbocycles. The molecule has 2 amide bonds. The van der Waals surface area contributed by atoms with Gasteiger partial charge in [-0.1, -0.05) is 55.9 Å². The van der Waals surface area contributed by atoms with Crippen LogP contribution in [0.5, 0.6) is 0 Å². The van der Waals surface area contributed by atoms with E-state index in [2.05, 4.69) is 61.4 Å². The third kappa shape index (κ3) is 19.7. The SMILES string of the molecule is C=C(C)NC(=O)CC(=C/C)/C(=C\C=C/C)NC/C(C)=C/CN(C)C(=C)CCC(=O)NCCCN1CCCCCC1.CC1=C(C)OC(F)(F)O1. The molecular formula is C38H61F2N5O4. The van der Waals surface area contributed by atoms with E-state index in [4.69, 9.17) is 0 Å². The fourth-order valence-corrected chi connectivity index (χ4v) is 4.96. The van der Waals surface area contributed by atoms with E-state index >= 15 is 0 Å². The van der Waals surface area contributed by atoms with E-state index in [1.807, 2.05) is 45.2 Å². The second-order valence-corrected chi connectivity index (χ2v) is 12.5. The van der Waals surface area contributed by atoms with Crippen molar-refractivity contribution in [2.24, 2.45) is 0 Å². The first-order valence-corrected chi connectivity index (χ1v) is 17.3. The number of rotatable bonds is 18. The second-order valence-electron chi connectivity index (χ2n) is 12.5. The first kappa shape index (κ1) is 43.2. The Balaban J connectivity index is 0.00000114. The fourth-order valence-electron chi connectivity index (χ4n) is 4.96. The number of halogens is 2. The molecule has 2 rings (SSSR count). The molecule has 2 aliphatic rings. The number of likely N-dealkylation sites (N-methyl/N-ethyl adjacent to an activating group) is 1. The lowest BCUT2D eigenvalue weighted by molar-refractivity contribution is -0.337. The van der Waals surface area contributed by atoms with Crippen LogP contribution in [0.3, 0.4) is 0 Å². The monoisotopic (exact) mass is 689 g/mol. The number of nitrogens with one attached hydrogen (secondary N) is 3. The number of ether oxygens (including phenoxy) is 2. The van der Waals surface area contributed by atoms with Gasteiger partial charge < -0.3 is 35.2 Å². The van der Waals surface area contributed by atoms with Crippen molar-refractivity contribution in [1.82, 2.24) is 25.8 Å². The average molecular weight is 690 g/mol. The van der Waals surface area contributed by atoms with E-state index in [-0.39, 0.29) is 29.8 Å². The van der Waals surface area contributed by atoms with Crippen molar-refractivity contribution in [2.75, 3.05) is 46.3 Å². The molecule has 276 valence electrons. The molecule has 0 radical (unpaired) electrons. The molecule has 0 unspecified atom stereocenters. The molecule has 1 fully saturated rings. The normalized spacial score (nSPS) is 17.0. The Morgan fingerprint density at radius 2 is 1.61 bits per heavy atom. The standard InChI is InChI=1S/C33H55N5O2.C5H6F2O2/c1-8-10-16-31(30(9-2)25-33(40)36-27(3)4)35-26-28(5)19-24-37(7)29(6)17-18-32(39)34-20-15-23-38-21-13-11-12-14-22-38;1-3-4(2)9-5(6,7)8-3/h8-10,16,19,35H,3,6,11-15,17-18,20-26H2,1-2,4-5,7H3,(H,34,39)(H,36,40);1-2H3/b10-8-,28-19+,30-9-,31-16+;. The Kier molecular flexibility index (Phi) is 20.7. The van der Waals surface area contributed by atoms with E-state index in [0.717, 1.165) is 43.0 Å². The highest BCUT2D eigenvalue weighted by Crippen LogP contribution is 2.32. The summed E-state index contributed by atoms with van der Waals surface area (Å²) in [5.74, 6) is 0.293. The molecule has 0 saturated carbocycles. The molecule has 9 nitrogen and oxygen atoms in total. The van der Waals surface area contributed by atoms with Crippen molar-refractivity contribution < 1.29 is 27.8 Å². The van der Waals surface area contributed by atoms with Gasteiger partial charge in [0.25, 0.3) is 0 Å². The van der Waals surface area contributed by atoms with E-state index in [1.54, 1.807) is 6.92 Å². The summed E-state index contributed by atoms with van der Waals surface area (Å²) in [5, 5.41) is 9.32. The second kappa shape index (κ2) is 23.5. The Morgan fingerprint density at radius 3 is 2.14 bits per heavy atom. The smallest absolute Gasteiger partial charge is 0.401 e. The Labute approximate surface area is 293 Å². The van der Waals surface area contributed by atoms with Crippen LogP contribution in [-0.2, 0) is 19.1 Å². The van der Waals surface area contributed by atoms with Crippen LogP contribution in [0.15, 0.2) is 83.3 Å². The van der Waals surface area contributed by atoms with E-state index < -0.39 is 6.29 Å². The number of alkyl halides is 2. The molecule has 3 N–H and O–H groups in total. The number of carbonyl (C=O) groups is 2. The van der Waals surface area contributed by atoms with Crippen molar-refractivity contribution >= 4 is 11.8 Å². The zero-order valence-corrected chi connectivity index (χ0v) is 31.0. The lowest BCUT2D eigenvalue weighted by Crippen LogP contribution is -2.30. The predicted octanol–water partition coefficient (Wildman–Crippen LogP) is 7.41. The summed E-state index contributed by atoms with van der Waals surface area (Å²) in [6.07, 6.45) is 14.3. The number of nitrogens with zero attached hydrogens (tertiary/aromatic N) is 2. The van der Waals surface area contributed by atoms with Crippen LogP contribution in [-0.4, -0.2) is 74.2 Å². The average Bonchev–Trinajstić information content (AvgIpc) is 3.19. The van der Waals surface area contributed by atoms with Gasteiger partial charge in [-0.15, -0.1) is 8.78 Å². The number of hydrogen-bond acceptors (Lipinski definition) is 7. The summed E-state index contributed by atoms with van der Waals surface area (Å²) >= 11 is 0. The molecule has 0 aromatic rings. The first-order valence-electron chi connectivity index (χ1n) is 17.3. The zero-order valence-electron chi connectivity index (χ0n) is 31.0. The number of hydrogen-bond donors (Lipinski definition) is 3. The van der Waals surface area contributed by atoms with Crippen molar-refractivity contribution in [3.8, 4) is 0 Å². The van der Waals surface area contributed by atoms with E-state index in [1.165, 1.54) is 58.2 Å². The Morgan fingerprint density at radius 1 is 0.980 bits per heavy atom. The van der Waals surface area contributed by atoms with Crippen molar-refractivity contribution in [3.05, 3.63) is 83.3 Å². The minimum Gasteiger partial charge on any atom is -0.401 e. The molecule has 11 heteroatoms. The highest BCUT2D eigenvalue weighted by molar-refractivity contribution is 5.81. The summed E-state index contributed by atoms with van der Waals surface area (Å²) in [5.41, 5.74) is 4.60. The maximum absolute atomic E-state index is 12.3. The van der Waals surface area contributed by atoms with Crippen LogP contribution in [0, 0.1) is 0 Å². The van der Waals surface area contributed by atoms with Gasteiger partial charge in [0.2, 0.25) is 11.8 Å². The molecular weight excluding hydrogens is 628 g/mol. The minimum atomic E-state index is -3.44. The number of allylic oxidation sites excluding steroid dienone is 9. The zero-order chi connectivity index (χ0) is 36.8. The summed E-state index contributed by atoms with van der Waals surface area (Å²) in [4.78, 5) is 29.2. The molecule has 2 aliphatic heterocycles. The maximum Gasteiger partial charge on any atom is 0.585 e. The third-order valence-electron chi connectivity index (χ3n) is 8.02. The Bertz CT molecular complexity index is 1230. The van der Waals surface area contributed by atoms with Crippen molar-refractivity contribution in [1.29, 1.82) is 0 Å². The van der Waals surface area contributed by atoms with Gasteiger partial charge >= 0.3 is 6.29 Å². The summed E-state index contributed by atoms with van der Waals surface area (Å²) < 4.78 is 31.9. The quantitative estimate of drug-likeness (QED) is 0.0784. The van der Waals surface area contributed by atoms with Crippen LogP contribution < -0.4 is 16.0 Å². The fraction of sp³-hybridized carbons (Fsp3) is 0.579. The van der Waals surface area contributed by atoms with Crippen LogP contribution in [0.2, 0.25) is 0 Å². The van der Waals surface area contributed by atoms with Crippen molar-refractivity contribution in [3.63, 3.8) is 0 Å². The molecule has 0 bridgehead atoms. The van der Waals surface area contributed by atoms with Crippen LogP contribution in [0.25, 0.3) is 0 Å². The predicted molar refractivity (Wildman–Crippen MR) is 195 cm³/mol. The maximum atomic E-state index is 12.3. The largest absolute Gasteiger partial charge is 0.585 e. The summed E-state index contributed by atoms with van der Waals surface area (Å²) in [6.45, 7) is 24.1. The molecule has 49 heavy (non-hydrogen) atoms. The van der Waals surface area contributed by atoms with Crippen LogP contribution >= 0.6 is 0 Å². The first-order chi connectivity index (χ1) is 23.2. The highest BCUT2D eigenvalue weighted by atomic mass is 19.3. The van der Waals surface area contributed by atoms with Gasteiger partial charge in [0.1, 0.15) is 11.5 Å². The Hall–Kier alpha value is -3.86. The van der Waals surface area contributed by atoms with Gasteiger partial charge in [0, 0.05) is 50.2 Å². The topological polar surface area (TPSA) is 95.2 Å². The molecule has 1 saturated heterocycles. The van der Waals surface area contributed by atoms with Gasteiger partial charge in [0.15, 0.2) is 0 Å². The van der Waals surface area contributed by atoms with Crippen LogP contribution in [0.1, 0.15) is 92.9 Å². The van der Waals surface area contributed by atoms with Gasteiger partial charge in [-0.25, -0.2) is 0 Å². The van der Waals surface area contributed by atoms with E-state index in [9.17, 15) is 18.4 Å². The molecule has 0 aromatic heterocycles.